The topological polar surface area (TPSA) is 55.4 Å². The summed E-state index contributed by atoms with van der Waals surface area (Å²) in [5.74, 6) is -1.37. The van der Waals surface area contributed by atoms with Crippen molar-refractivity contribution in [3.8, 4) is 0 Å². The van der Waals surface area contributed by atoms with E-state index in [4.69, 9.17) is 0 Å². The fourth-order valence-corrected chi connectivity index (χ4v) is 2.06. The number of methoxy groups -OCH3 is 1. The molecule has 0 bridgehead atoms. The largest absolute Gasteiger partial charge is 0.469 e. The van der Waals surface area contributed by atoms with E-state index in [-0.39, 0.29) is 12.0 Å². The zero-order chi connectivity index (χ0) is 15.9. The van der Waals surface area contributed by atoms with Gasteiger partial charge in [0.25, 0.3) is 5.91 Å². The summed E-state index contributed by atoms with van der Waals surface area (Å²) in [5, 5.41) is 2.74. The minimum Gasteiger partial charge on any atom is -0.469 e. The van der Waals surface area contributed by atoms with Crippen LogP contribution in [0.4, 0.5) is 4.39 Å². The van der Waals surface area contributed by atoms with Crippen LogP contribution in [0.1, 0.15) is 28.4 Å². The Balaban J connectivity index is 2.19. The highest BCUT2D eigenvalue weighted by molar-refractivity contribution is 5.94. The lowest BCUT2D eigenvalue weighted by Crippen LogP contribution is -2.30. The number of rotatable bonds is 5. The van der Waals surface area contributed by atoms with Gasteiger partial charge in [0.1, 0.15) is 5.82 Å². The molecule has 0 aliphatic rings. The molecule has 1 N–H and O–H groups in total. The highest BCUT2D eigenvalue weighted by Crippen LogP contribution is 2.18. The van der Waals surface area contributed by atoms with E-state index >= 15 is 0 Å². The normalized spacial score (nSPS) is 11.5. The molecule has 1 amide bonds. The number of halogens is 1. The van der Waals surface area contributed by atoms with Crippen molar-refractivity contribution in [2.24, 2.45) is 0 Å². The van der Waals surface area contributed by atoms with E-state index in [1.807, 2.05) is 18.2 Å². The molecule has 4 nitrogen and oxygen atoms in total. The standard InChI is InChI=1S/C17H16FNO3/c1-22-16(20)11-15(12-6-3-2-4-7-12)19-17(21)13-8-5-9-14(18)10-13/h2-10,15H,11H2,1H3,(H,19,21). The van der Waals surface area contributed by atoms with Gasteiger partial charge in [-0.2, -0.15) is 0 Å². The molecule has 0 heterocycles. The summed E-state index contributed by atoms with van der Waals surface area (Å²) < 4.78 is 17.9. The van der Waals surface area contributed by atoms with Crippen molar-refractivity contribution in [1.29, 1.82) is 0 Å². The Morgan fingerprint density at radius 1 is 1.14 bits per heavy atom. The predicted molar refractivity (Wildman–Crippen MR) is 79.7 cm³/mol. The third-order valence-corrected chi connectivity index (χ3v) is 3.19. The number of nitrogens with one attached hydrogen (secondary N) is 1. The second-order valence-corrected chi connectivity index (χ2v) is 4.73. The van der Waals surface area contributed by atoms with Gasteiger partial charge in [0.2, 0.25) is 0 Å². The average molecular weight is 301 g/mol. The fraction of sp³-hybridized carbons (Fsp3) is 0.176. The highest BCUT2D eigenvalue weighted by atomic mass is 19.1. The van der Waals surface area contributed by atoms with Crippen LogP contribution in [0.2, 0.25) is 0 Å². The third-order valence-electron chi connectivity index (χ3n) is 3.19. The molecule has 0 saturated heterocycles. The highest BCUT2D eigenvalue weighted by Gasteiger charge is 2.19. The smallest absolute Gasteiger partial charge is 0.307 e. The molecule has 0 saturated carbocycles. The number of hydrogen-bond donors (Lipinski definition) is 1. The van der Waals surface area contributed by atoms with Crippen LogP contribution in [0.15, 0.2) is 54.6 Å². The molecule has 22 heavy (non-hydrogen) atoms. The monoisotopic (exact) mass is 301 g/mol. The van der Waals surface area contributed by atoms with Crippen LogP contribution in [0.5, 0.6) is 0 Å². The van der Waals surface area contributed by atoms with Crippen LogP contribution in [0.25, 0.3) is 0 Å². The zero-order valence-electron chi connectivity index (χ0n) is 12.1. The summed E-state index contributed by atoms with van der Waals surface area (Å²) in [4.78, 5) is 23.8. The summed E-state index contributed by atoms with van der Waals surface area (Å²) in [6.45, 7) is 0. The SMILES string of the molecule is COC(=O)CC(NC(=O)c1cccc(F)c1)c1ccccc1. The molecule has 0 aliphatic carbocycles. The molecule has 2 aromatic carbocycles. The van der Waals surface area contributed by atoms with Gasteiger partial charge in [-0.3, -0.25) is 9.59 Å². The first-order valence-corrected chi connectivity index (χ1v) is 6.78. The number of carbonyl (C=O) groups is 2. The lowest BCUT2D eigenvalue weighted by Gasteiger charge is -2.18. The van der Waals surface area contributed by atoms with Crippen LogP contribution in [-0.2, 0) is 9.53 Å². The number of benzene rings is 2. The summed E-state index contributed by atoms with van der Waals surface area (Å²) in [6.07, 6.45) is 0.00156. The maximum absolute atomic E-state index is 13.2. The average Bonchev–Trinajstić information content (AvgIpc) is 2.54. The van der Waals surface area contributed by atoms with Crippen molar-refractivity contribution in [3.63, 3.8) is 0 Å². The second kappa shape index (κ2) is 7.36. The summed E-state index contributed by atoms with van der Waals surface area (Å²) in [7, 11) is 1.29. The van der Waals surface area contributed by atoms with E-state index in [1.165, 1.54) is 25.3 Å². The van der Waals surface area contributed by atoms with Crippen LogP contribution in [0.3, 0.4) is 0 Å². The minimum absolute atomic E-state index is 0.00156. The first-order valence-electron chi connectivity index (χ1n) is 6.78. The number of amides is 1. The molecule has 2 rings (SSSR count). The van der Waals surface area contributed by atoms with Gasteiger partial charge in [0, 0.05) is 5.56 Å². The Bertz CT molecular complexity index is 658. The van der Waals surface area contributed by atoms with Crippen molar-refractivity contribution < 1.29 is 18.7 Å². The number of ether oxygens (including phenoxy) is 1. The first kappa shape index (κ1) is 15.7. The molecule has 0 fully saturated rings. The quantitative estimate of drug-likeness (QED) is 0.864. The number of hydrogen-bond acceptors (Lipinski definition) is 3. The maximum atomic E-state index is 13.2. The van der Waals surface area contributed by atoms with Crippen molar-refractivity contribution in [2.45, 2.75) is 12.5 Å². The van der Waals surface area contributed by atoms with E-state index in [0.29, 0.717) is 0 Å². The molecule has 2 aromatic rings. The molecular formula is C17H16FNO3. The van der Waals surface area contributed by atoms with E-state index in [2.05, 4.69) is 10.1 Å². The van der Waals surface area contributed by atoms with Crippen molar-refractivity contribution in [2.75, 3.05) is 7.11 Å². The molecule has 114 valence electrons. The van der Waals surface area contributed by atoms with Gasteiger partial charge in [-0.15, -0.1) is 0 Å². The molecule has 0 radical (unpaired) electrons. The second-order valence-electron chi connectivity index (χ2n) is 4.73. The van der Waals surface area contributed by atoms with Gasteiger partial charge in [-0.05, 0) is 23.8 Å². The zero-order valence-corrected chi connectivity index (χ0v) is 12.1. The van der Waals surface area contributed by atoms with E-state index in [0.717, 1.165) is 11.6 Å². The summed E-state index contributed by atoms with van der Waals surface area (Å²) in [6, 6.07) is 13.9. The maximum Gasteiger partial charge on any atom is 0.307 e. The van der Waals surface area contributed by atoms with Gasteiger partial charge in [0.15, 0.2) is 0 Å². The molecule has 0 aromatic heterocycles. The Morgan fingerprint density at radius 3 is 2.50 bits per heavy atom. The van der Waals surface area contributed by atoms with E-state index in [1.54, 1.807) is 12.1 Å². The molecule has 1 atom stereocenters. The van der Waals surface area contributed by atoms with Crippen molar-refractivity contribution in [3.05, 3.63) is 71.5 Å². The fourth-order valence-electron chi connectivity index (χ4n) is 2.06. The van der Waals surface area contributed by atoms with Crippen molar-refractivity contribution in [1.82, 2.24) is 5.32 Å². The van der Waals surface area contributed by atoms with Gasteiger partial charge < -0.3 is 10.1 Å². The van der Waals surface area contributed by atoms with Gasteiger partial charge in [-0.1, -0.05) is 36.4 Å². The molecule has 5 heteroatoms. The summed E-state index contributed by atoms with van der Waals surface area (Å²) >= 11 is 0. The Hall–Kier alpha value is -2.69. The Kier molecular flexibility index (Phi) is 5.25. The van der Waals surface area contributed by atoms with Crippen molar-refractivity contribution >= 4 is 11.9 Å². The van der Waals surface area contributed by atoms with Crippen LogP contribution in [0, 0.1) is 5.82 Å². The van der Waals surface area contributed by atoms with E-state index < -0.39 is 23.7 Å². The molecule has 1 unspecified atom stereocenters. The number of esters is 1. The van der Waals surface area contributed by atoms with Crippen LogP contribution < -0.4 is 5.32 Å². The van der Waals surface area contributed by atoms with Gasteiger partial charge >= 0.3 is 5.97 Å². The van der Waals surface area contributed by atoms with Gasteiger partial charge in [-0.25, -0.2) is 4.39 Å². The van der Waals surface area contributed by atoms with Gasteiger partial charge in [0.05, 0.1) is 19.6 Å². The first-order chi connectivity index (χ1) is 10.6. The molecular weight excluding hydrogens is 285 g/mol. The lowest BCUT2D eigenvalue weighted by molar-refractivity contribution is -0.141. The number of carbonyl (C=O) groups excluding carboxylic acids is 2. The molecule has 0 spiro atoms. The van der Waals surface area contributed by atoms with Crippen LogP contribution in [-0.4, -0.2) is 19.0 Å². The molecule has 0 aliphatic heterocycles. The minimum atomic E-state index is -0.538. The van der Waals surface area contributed by atoms with Crippen LogP contribution >= 0.6 is 0 Å². The predicted octanol–water partition coefficient (Wildman–Crippen LogP) is 2.86. The summed E-state index contributed by atoms with van der Waals surface area (Å²) in [5.41, 5.74) is 0.975. The lowest BCUT2D eigenvalue weighted by atomic mass is 10.0. The van der Waals surface area contributed by atoms with E-state index in [9.17, 15) is 14.0 Å². The Morgan fingerprint density at radius 2 is 1.86 bits per heavy atom. The third kappa shape index (κ3) is 4.15. The Labute approximate surface area is 127 Å².